The monoisotopic (exact) mass is 541 g/mol. The molecule has 4 aromatic rings. The van der Waals surface area contributed by atoms with Crippen molar-refractivity contribution in [2.75, 3.05) is 4.90 Å². The first kappa shape index (κ1) is 25.5. The first-order valence-electron chi connectivity index (χ1n) is 10.2. The van der Waals surface area contributed by atoms with Crippen LogP contribution in [0.25, 0.3) is 10.2 Å². The fraction of sp³-hybridized carbons (Fsp3) is 0.174. The zero-order valence-corrected chi connectivity index (χ0v) is 19.7. The lowest BCUT2D eigenvalue weighted by Gasteiger charge is -2.22. The molecule has 2 heterocycles. The maximum Gasteiger partial charge on any atom is 0.420 e. The molecule has 0 atom stereocenters. The number of carbonyl (C=O) groups is 1. The van der Waals surface area contributed by atoms with Crippen LogP contribution in [0.5, 0.6) is 11.5 Å². The summed E-state index contributed by atoms with van der Waals surface area (Å²) in [5.74, 6) is -0.540. The van der Waals surface area contributed by atoms with Gasteiger partial charge in [-0.15, -0.1) is 11.3 Å². The van der Waals surface area contributed by atoms with E-state index in [-0.39, 0.29) is 12.3 Å². The number of nitrogens with zero attached hydrogens (tertiary/aromatic N) is 2. The fourth-order valence-corrected chi connectivity index (χ4v) is 4.36. The molecule has 0 saturated carbocycles. The number of benzene rings is 2. The van der Waals surface area contributed by atoms with Crippen LogP contribution in [-0.4, -0.2) is 28.3 Å². The summed E-state index contributed by atoms with van der Waals surface area (Å²) in [5, 5.41) is 0. The molecular weight excluding hydrogens is 525 g/mol. The van der Waals surface area contributed by atoms with E-state index in [0.717, 1.165) is 40.0 Å². The number of pyridine rings is 1. The van der Waals surface area contributed by atoms with E-state index in [1.54, 1.807) is 42.7 Å². The lowest BCUT2D eigenvalue weighted by atomic mass is 10.2. The lowest BCUT2D eigenvalue weighted by Crippen LogP contribution is -2.33. The van der Waals surface area contributed by atoms with Crippen LogP contribution in [-0.2, 0) is 6.54 Å². The van der Waals surface area contributed by atoms with E-state index in [1.165, 1.54) is 16.2 Å². The van der Waals surface area contributed by atoms with Crippen LogP contribution in [0.15, 0.2) is 67.0 Å². The zero-order chi connectivity index (χ0) is 25.9. The van der Waals surface area contributed by atoms with Crippen molar-refractivity contribution in [3.63, 3.8) is 0 Å². The molecule has 188 valence electrons. The number of thiazole rings is 1. The molecule has 0 saturated heterocycles. The smallest absolute Gasteiger partial charge is 0.420 e. The van der Waals surface area contributed by atoms with Gasteiger partial charge in [-0.05, 0) is 72.4 Å². The third-order valence-corrected chi connectivity index (χ3v) is 5.93. The Morgan fingerprint density at radius 3 is 2.33 bits per heavy atom. The topological polar surface area (TPSA) is 67.5 Å². The minimum Gasteiger partial charge on any atom is -0.432 e. The summed E-state index contributed by atoms with van der Waals surface area (Å²) in [6.07, 6.45) is -9.60. The molecule has 0 fully saturated rings. The van der Waals surface area contributed by atoms with Crippen molar-refractivity contribution in [3.8, 4) is 11.5 Å². The van der Waals surface area contributed by atoms with E-state index in [4.69, 9.17) is 17.0 Å². The van der Waals surface area contributed by atoms with Crippen molar-refractivity contribution in [3.05, 3.63) is 76.5 Å². The Kier molecular flexibility index (Phi) is 7.22. The number of anilines is 1. The van der Waals surface area contributed by atoms with Gasteiger partial charge in [0.1, 0.15) is 17.9 Å². The van der Waals surface area contributed by atoms with E-state index in [1.807, 2.05) is 0 Å². The Hall–Kier alpha value is -3.58. The summed E-state index contributed by atoms with van der Waals surface area (Å²) in [6, 6.07) is 13.0. The first-order chi connectivity index (χ1) is 17.0. The molecule has 1 N–H and O–H groups in total. The second-order valence-electron chi connectivity index (χ2n) is 7.51. The minimum absolute atomic E-state index is 0.0235. The Bertz CT molecular complexity index is 1410. The predicted molar refractivity (Wildman–Crippen MR) is 126 cm³/mol. The van der Waals surface area contributed by atoms with Crippen LogP contribution in [0.4, 0.5) is 32.4 Å². The van der Waals surface area contributed by atoms with Crippen LogP contribution in [0.1, 0.15) is 12.0 Å². The second-order valence-corrected chi connectivity index (χ2v) is 9.23. The second kappa shape index (κ2) is 10.2. The maximum atomic E-state index is 13.5. The average molecular weight is 542 g/mol. The van der Waals surface area contributed by atoms with Gasteiger partial charge in [0.05, 0.1) is 16.8 Å². The highest BCUT2D eigenvalue weighted by Gasteiger charge is 2.45. The van der Waals surface area contributed by atoms with Crippen LogP contribution in [0.3, 0.4) is 0 Å². The first-order valence-corrected chi connectivity index (χ1v) is 11.4. The Labute approximate surface area is 209 Å². The number of halogens is 5. The van der Waals surface area contributed by atoms with Crippen molar-refractivity contribution in [1.82, 2.24) is 9.97 Å². The van der Waals surface area contributed by atoms with Crippen LogP contribution in [0, 0.1) is 3.95 Å². The number of alkyl halides is 5. The van der Waals surface area contributed by atoms with Crippen LogP contribution >= 0.6 is 23.6 Å². The van der Waals surface area contributed by atoms with Gasteiger partial charge < -0.3 is 14.5 Å². The number of aromatic amines is 1. The molecule has 13 heteroatoms. The third-order valence-electron chi connectivity index (χ3n) is 4.73. The summed E-state index contributed by atoms with van der Waals surface area (Å²) < 4.78 is 74.8. The van der Waals surface area contributed by atoms with Crippen LogP contribution < -0.4 is 14.4 Å². The summed E-state index contributed by atoms with van der Waals surface area (Å²) >= 11 is 6.51. The highest BCUT2D eigenvalue weighted by molar-refractivity contribution is 7.73. The van der Waals surface area contributed by atoms with Crippen molar-refractivity contribution in [2.45, 2.75) is 25.3 Å². The van der Waals surface area contributed by atoms with E-state index in [0.29, 0.717) is 9.64 Å². The molecule has 2 aromatic heterocycles. The van der Waals surface area contributed by atoms with Crippen molar-refractivity contribution in [2.24, 2.45) is 0 Å². The molecule has 0 spiro atoms. The van der Waals surface area contributed by atoms with E-state index in [9.17, 15) is 26.7 Å². The molecule has 0 unspecified atom stereocenters. The molecule has 6 nitrogen and oxygen atoms in total. The number of aromatic nitrogens is 2. The van der Waals surface area contributed by atoms with Gasteiger partial charge in [0.2, 0.25) is 0 Å². The number of hydrogen-bond donors (Lipinski definition) is 1. The van der Waals surface area contributed by atoms with E-state index >= 15 is 0 Å². The van der Waals surface area contributed by atoms with Crippen LogP contribution in [0.2, 0.25) is 0 Å². The Balaban J connectivity index is 1.53. The summed E-state index contributed by atoms with van der Waals surface area (Å²) in [5.41, 5.74) is 2.09. The molecule has 0 aliphatic carbocycles. The highest BCUT2D eigenvalue weighted by atomic mass is 32.1. The maximum absolute atomic E-state index is 13.5. The van der Waals surface area contributed by atoms with Crippen molar-refractivity contribution in [1.29, 1.82) is 0 Å². The lowest BCUT2D eigenvalue weighted by molar-refractivity contribution is -0.255. The summed E-state index contributed by atoms with van der Waals surface area (Å²) in [4.78, 5) is 21.5. The number of rotatable bonds is 7. The predicted octanol–water partition coefficient (Wildman–Crippen LogP) is 7.48. The number of carbonyl (C=O) groups excluding carboxylic acids is 1. The SMILES string of the molecule is O=C(Oc1ccc(OC(F)(F)CC(F)(F)F)cc1)N(Cc1ccncc1)c1ccc2[nH]c(=S)sc2c1. The molecule has 36 heavy (non-hydrogen) atoms. The largest absolute Gasteiger partial charge is 0.432 e. The normalized spacial score (nSPS) is 11.9. The minimum atomic E-state index is -5.10. The van der Waals surface area contributed by atoms with Gasteiger partial charge in [0, 0.05) is 18.1 Å². The summed E-state index contributed by atoms with van der Waals surface area (Å²) in [6.45, 7) is 0.132. The molecular formula is C23H16F5N3O3S2. The highest BCUT2D eigenvalue weighted by Crippen LogP contribution is 2.34. The van der Waals surface area contributed by atoms with Gasteiger partial charge in [-0.2, -0.15) is 22.0 Å². The number of H-pyrrole nitrogens is 1. The zero-order valence-electron chi connectivity index (χ0n) is 18.1. The van der Waals surface area contributed by atoms with Gasteiger partial charge in [-0.3, -0.25) is 9.88 Å². The van der Waals surface area contributed by atoms with Crippen molar-refractivity contribution >= 4 is 45.6 Å². The molecule has 2 aromatic carbocycles. The quantitative estimate of drug-likeness (QED) is 0.194. The third kappa shape index (κ3) is 6.76. The van der Waals surface area contributed by atoms with Gasteiger partial charge in [-0.1, -0.05) is 0 Å². The van der Waals surface area contributed by atoms with Gasteiger partial charge in [0.25, 0.3) is 0 Å². The molecule has 0 aliphatic heterocycles. The molecule has 0 aliphatic rings. The molecule has 1 amide bonds. The fourth-order valence-electron chi connectivity index (χ4n) is 3.21. The molecule has 0 bridgehead atoms. The Morgan fingerprint density at radius 2 is 1.67 bits per heavy atom. The average Bonchev–Trinajstić information content (AvgIpc) is 3.16. The summed E-state index contributed by atoms with van der Waals surface area (Å²) in [7, 11) is 0. The van der Waals surface area contributed by atoms with Gasteiger partial charge >= 0.3 is 18.4 Å². The van der Waals surface area contributed by atoms with E-state index < -0.39 is 30.5 Å². The molecule has 4 rings (SSSR count). The number of hydrogen-bond acceptors (Lipinski definition) is 6. The van der Waals surface area contributed by atoms with Gasteiger partial charge in [-0.25, -0.2) is 4.79 Å². The van der Waals surface area contributed by atoms with E-state index in [2.05, 4.69) is 14.7 Å². The number of fused-ring (bicyclic) bond motifs is 1. The number of nitrogens with one attached hydrogen (secondary N) is 1. The van der Waals surface area contributed by atoms with Crippen molar-refractivity contribution < 1.29 is 36.2 Å². The number of amides is 1. The standard InChI is InChI=1S/C23H16F5N3O3S2/c24-22(25,26)13-23(27,28)34-17-4-2-16(3-5-17)33-21(32)31(12-14-7-9-29-10-8-14)15-1-6-18-19(11-15)36-20(35)30-18/h1-11H,12-13H2,(H,30,35). The Morgan fingerprint density at radius 1 is 1.00 bits per heavy atom. The molecule has 0 radical (unpaired) electrons. The number of ether oxygens (including phenoxy) is 2. The van der Waals surface area contributed by atoms with Gasteiger partial charge in [0.15, 0.2) is 3.95 Å².